The van der Waals surface area contributed by atoms with Crippen molar-refractivity contribution in [1.82, 2.24) is 20.0 Å². The number of amides is 2. The minimum absolute atomic E-state index is 0.00354. The maximum atomic E-state index is 12.4. The van der Waals surface area contributed by atoms with E-state index in [4.69, 9.17) is 0 Å². The lowest BCUT2D eigenvalue weighted by Crippen LogP contribution is -2.50. The van der Waals surface area contributed by atoms with E-state index >= 15 is 0 Å². The molecule has 24 heavy (non-hydrogen) atoms. The molecule has 0 aromatic heterocycles. The molecule has 6 nitrogen and oxygen atoms in total. The van der Waals surface area contributed by atoms with Gasteiger partial charge in [0.2, 0.25) is 11.8 Å². The minimum Gasteiger partial charge on any atom is -0.359 e. The van der Waals surface area contributed by atoms with Gasteiger partial charge in [0.15, 0.2) is 0 Å². The number of piperazine rings is 1. The van der Waals surface area contributed by atoms with Crippen molar-refractivity contribution < 1.29 is 9.59 Å². The Morgan fingerprint density at radius 2 is 1.79 bits per heavy atom. The fourth-order valence-corrected chi connectivity index (χ4v) is 2.82. The summed E-state index contributed by atoms with van der Waals surface area (Å²) in [6.45, 7) is 5.26. The fourth-order valence-electron chi connectivity index (χ4n) is 2.82. The fraction of sp³-hybridized carbons (Fsp3) is 0.556. The Morgan fingerprint density at radius 3 is 2.42 bits per heavy atom. The average Bonchev–Trinajstić information content (AvgIpc) is 2.61. The van der Waals surface area contributed by atoms with E-state index in [-0.39, 0.29) is 11.8 Å². The number of hydrogen-bond acceptors (Lipinski definition) is 4. The summed E-state index contributed by atoms with van der Waals surface area (Å²) in [4.78, 5) is 29.8. The molecular formula is C18H28N4O2. The third-order valence-corrected chi connectivity index (χ3v) is 4.38. The van der Waals surface area contributed by atoms with Crippen molar-refractivity contribution in [2.75, 3.05) is 53.4 Å². The molecule has 2 rings (SSSR count). The molecule has 0 saturated carbocycles. The number of benzene rings is 1. The zero-order valence-electron chi connectivity index (χ0n) is 14.7. The largest absolute Gasteiger partial charge is 0.359 e. The van der Waals surface area contributed by atoms with Crippen LogP contribution in [0.2, 0.25) is 0 Å². The van der Waals surface area contributed by atoms with Crippen molar-refractivity contribution in [3.05, 3.63) is 35.9 Å². The van der Waals surface area contributed by atoms with E-state index < -0.39 is 0 Å². The third-order valence-electron chi connectivity index (χ3n) is 4.38. The highest BCUT2D eigenvalue weighted by Gasteiger charge is 2.21. The molecule has 0 unspecified atom stereocenters. The number of rotatable bonds is 7. The number of nitrogens with zero attached hydrogens (tertiary/aromatic N) is 3. The molecule has 0 bridgehead atoms. The molecule has 132 valence electrons. The predicted octanol–water partition coefficient (Wildman–Crippen LogP) is 0.399. The molecule has 0 aliphatic carbocycles. The van der Waals surface area contributed by atoms with Gasteiger partial charge in [-0.15, -0.1) is 0 Å². The lowest BCUT2D eigenvalue weighted by atomic mass is 10.2. The minimum atomic E-state index is 0.00354. The lowest BCUT2D eigenvalue weighted by Gasteiger charge is -2.35. The SMILES string of the molecule is CNC(=O)CCN(C)CC(=O)N1CCN(Cc2ccccc2)CC1. The first-order valence-electron chi connectivity index (χ1n) is 8.51. The number of hydrogen-bond donors (Lipinski definition) is 1. The van der Waals surface area contributed by atoms with Gasteiger partial charge in [-0.05, 0) is 12.6 Å². The molecule has 1 heterocycles. The van der Waals surface area contributed by atoms with Gasteiger partial charge in [-0.25, -0.2) is 0 Å². The summed E-state index contributed by atoms with van der Waals surface area (Å²) in [5.41, 5.74) is 1.31. The Labute approximate surface area is 144 Å². The van der Waals surface area contributed by atoms with Gasteiger partial charge in [0.1, 0.15) is 0 Å². The van der Waals surface area contributed by atoms with E-state index in [1.807, 2.05) is 22.9 Å². The number of carbonyl (C=O) groups is 2. The molecule has 1 aromatic carbocycles. The summed E-state index contributed by atoms with van der Waals surface area (Å²) in [5, 5.41) is 2.60. The van der Waals surface area contributed by atoms with E-state index in [0.717, 1.165) is 32.7 Å². The van der Waals surface area contributed by atoms with Crippen molar-refractivity contribution >= 4 is 11.8 Å². The first-order chi connectivity index (χ1) is 11.6. The van der Waals surface area contributed by atoms with E-state index in [1.165, 1.54) is 5.56 Å². The molecule has 1 fully saturated rings. The number of nitrogens with one attached hydrogen (secondary N) is 1. The van der Waals surface area contributed by atoms with Crippen LogP contribution in [0.1, 0.15) is 12.0 Å². The van der Waals surface area contributed by atoms with Crippen LogP contribution in [0.5, 0.6) is 0 Å². The summed E-state index contributed by atoms with van der Waals surface area (Å²) >= 11 is 0. The summed E-state index contributed by atoms with van der Waals surface area (Å²) in [7, 11) is 3.51. The van der Waals surface area contributed by atoms with Crippen molar-refractivity contribution in [1.29, 1.82) is 0 Å². The summed E-state index contributed by atoms with van der Waals surface area (Å²) < 4.78 is 0. The molecular weight excluding hydrogens is 304 g/mol. The van der Waals surface area contributed by atoms with Gasteiger partial charge in [-0.2, -0.15) is 0 Å². The van der Waals surface area contributed by atoms with E-state index in [9.17, 15) is 9.59 Å². The van der Waals surface area contributed by atoms with Gasteiger partial charge in [-0.1, -0.05) is 30.3 Å². The first kappa shape index (κ1) is 18.4. The highest BCUT2D eigenvalue weighted by atomic mass is 16.2. The van der Waals surface area contributed by atoms with Crippen LogP contribution in [-0.2, 0) is 16.1 Å². The Hall–Kier alpha value is -1.92. The molecule has 1 aromatic rings. The van der Waals surface area contributed by atoms with Crippen molar-refractivity contribution in [3.63, 3.8) is 0 Å². The van der Waals surface area contributed by atoms with Gasteiger partial charge >= 0.3 is 0 Å². The summed E-state index contributed by atoms with van der Waals surface area (Å²) in [6, 6.07) is 10.4. The van der Waals surface area contributed by atoms with Crippen LogP contribution in [-0.4, -0.2) is 79.9 Å². The lowest BCUT2D eigenvalue weighted by molar-refractivity contribution is -0.134. The number of carbonyl (C=O) groups excluding carboxylic acids is 2. The highest BCUT2D eigenvalue weighted by Crippen LogP contribution is 2.08. The van der Waals surface area contributed by atoms with Gasteiger partial charge in [-0.3, -0.25) is 19.4 Å². The van der Waals surface area contributed by atoms with E-state index in [2.05, 4.69) is 34.5 Å². The van der Waals surface area contributed by atoms with Crippen LogP contribution in [0.3, 0.4) is 0 Å². The molecule has 0 spiro atoms. The highest BCUT2D eigenvalue weighted by molar-refractivity contribution is 5.78. The van der Waals surface area contributed by atoms with Gasteiger partial charge in [0, 0.05) is 52.7 Å². The summed E-state index contributed by atoms with van der Waals surface area (Å²) in [5.74, 6) is 0.151. The van der Waals surface area contributed by atoms with Gasteiger partial charge < -0.3 is 10.2 Å². The monoisotopic (exact) mass is 332 g/mol. The quantitative estimate of drug-likeness (QED) is 0.785. The molecule has 1 saturated heterocycles. The van der Waals surface area contributed by atoms with Crippen molar-refractivity contribution in [2.45, 2.75) is 13.0 Å². The molecule has 2 amide bonds. The van der Waals surface area contributed by atoms with Crippen molar-refractivity contribution in [2.24, 2.45) is 0 Å². The average molecular weight is 332 g/mol. The maximum absolute atomic E-state index is 12.4. The Kier molecular flexibility index (Phi) is 7.21. The zero-order valence-corrected chi connectivity index (χ0v) is 14.7. The van der Waals surface area contributed by atoms with Crippen LogP contribution < -0.4 is 5.32 Å². The van der Waals surface area contributed by atoms with Crippen molar-refractivity contribution in [3.8, 4) is 0 Å². The van der Waals surface area contributed by atoms with E-state index in [0.29, 0.717) is 19.5 Å². The Morgan fingerprint density at radius 1 is 1.12 bits per heavy atom. The first-order valence-corrected chi connectivity index (χ1v) is 8.51. The Bertz CT molecular complexity index is 527. The molecule has 1 aliphatic rings. The standard InChI is InChI=1S/C18H28N4O2/c1-19-17(23)8-9-20(2)15-18(24)22-12-10-21(11-13-22)14-16-6-4-3-5-7-16/h3-7H,8-15H2,1-2H3,(H,19,23). The van der Waals surface area contributed by atoms with Crippen LogP contribution in [0.15, 0.2) is 30.3 Å². The third kappa shape index (κ3) is 5.94. The second kappa shape index (κ2) is 9.39. The predicted molar refractivity (Wildman–Crippen MR) is 94.5 cm³/mol. The van der Waals surface area contributed by atoms with Crippen LogP contribution in [0.25, 0.3) is 0 Å². The van der Waals surface area contributed by atoms with Crippen LogP contribution in [0.4, 0.5) is 0 Å². The molecule has 1 aliphatic heterocycles. The smallest absolute Gasteiger partial charge is 0.236 e. The zero-order chi connectivity index (χ0) is 17.4. The van der Waals surface area contributed by atoms with Gasteiger partial charge in [0.05, 0.1) is 6.54 Å². The van der Waals surface area contributed by atoms with E-state index in [1.54, 1.807) is 7.05 Å². The molecule has 0 radical (unpaired) electrons. The number of likely N-dealkylation sites (N-methyl/N-ethyl adjacent to an activating group) is 1. The second-order valence-electron chi connectivity index (χ2n) is 6.30. The normalized spacial score (nSPS) is 15.5. The molecule has 0 atom stereocenters. The Balaban J connectivity index is 1.69. The van der Waals surface area contributed by atoms with Crippen LogP contribution in [0, 0.1) is 0 Å². The molecule has 6 heteroatoms. The van der Waals surface area contributed by atoms with Crippen LogP contribution >= 0.6 is 0 Å². The summed E-state index contributed by atoms with van der Waals surface area (Å²) in [6.07, 6.45) is 0.422. The molecule has 1 N–H and O–H groups in total. The topological polar surface area (TPSA) is 55.9 Å². The maximum Gasteiger partial charge on any atom is 0.236 e. The van der Waals surface area contributed by atoms with Gasteiger partial charge in [0.25, 0.3) is 0 Å². The second-order valence-corrected chi connectivity index (χ2v) is 6.30.